The maximum absolute atomic E-state index is 14.4. The van der Waals surface area contributed by atoms with Crippen LogP contribution in [0.3, 0.4) is 0 Å². The Labute approximate surface area is 305 Å². The number of allylic oxidation sites excluding steroid dienone is 1. The van der Waals surface area contributed by atoms with Gasteiger partial charge in [-0.05, 0) is 74.4 Å². The second kappa shape index (κ2) is 16.4. The zero-order valence-electron chi connectivity index (χ0n) is 27.9. The Hall–Kier alpha value is -4.59. The topological polar surface area (TPSA) is 124 Å². The molecule has 50 heavy (non-hydrogen) atoms. The highest BCUT2D eigenvalue weighted by Gasteiger charge is 2.34. The van der Waals surface area contributed by atoms with E-state index in [1.54, 1.807) is 63.2 Å². The Balaban J connectivity index is 1.65. The van der Waals surface area contributed by atoms with Crippen molar-refractivity contribution in [1.29, 1.82) is 0 Å². The number of hydrogen-bond donors (Lipinski definition) is 0. The number of carbonyl (C=O) groups is 2. The quantitative estimate of drug-likeness (QED) is 0.156. The van der Waals surface area contributed by atoms with Gasteiger partial charge in [-0.15, -0.1) is 0 Å². The molecular weight excluding hydrogens is 752 g/mol. The lowest BCUT2D eigenvalue weighted by Gasteiger charge is -2.25. The summed E-state index contributed by atoms with van der Waals surface area (Å²) in [4.78, 5) is 44.7. The Morgan fingerprint density at radius 3 is 2.42 bits per heavy atom. The molecule has 0 saturated heterocycles. The van der Waals surface area contributed by atoms with Crippen LogP contribution in [-0.4, -0.2) is 50.5 Å². The van der Waals surface area contributed by atoms with Crippen molar-refractivity contribution in [3.63, 3.8) is 0 Å². The van der Waals surface area contributed by atoms with Crippen molar-refractivity contribution in [1.82, 2.24) is 4.57 Å². The Morgan fingerprint density at radius 2 is 1.74 bits per heavy atom. The monoisotopic (exact) mass is 784 g/mol. The number of benzene rings is 3. The summed E-state index contributed by atoms with van der Waals surface area (Å²) in [5, 5.41) is 0.614. The smallest absolute Gasteiger partial charge is 0.343 e. The molecule has 1 aliphatic rings. The summed E-state index contributed by atoms with van der Waals surface area (Å²) in [6, 6.07) is 15.0. The minimum absolute atomic E-state index is 0.126. The predicted molar refractivity (Wildman–Crippen MR) is 192 cm³/mol. The predicted octanol–water partition coefficient (Wildman–Crippen LogP) is 5.75. The standard InChI is InChI=1S/C36H34BrClN2O9S/c1-6-46-27-15-22(10-13-26(27)48-19-30(41)45-5)32-31(35(43)47-7-2)20(3)39-36-40(32)34(42)29(50-36)16-23-14-24(37)17-28(44-4)33(23)49-18-21-8-11-25(38)12-9-21/h8-17,32H,6-7,18-19H2,1-5H3/b29-16+/t32-/m0/s1. The number of methoxy groups -OCH3 is 2. The third-order valence-corrected chi connectivity index (χ3v) is 9.22. The fraction of sp³-hybridized carbons (Fsp3) is 0.278. The molecule has 0 amide bonds. The highest BCUT2D eigenvalue weighted by atomic mass is 79.9. The van der Waals surface area contributed by atoms with Gasteiger partial charge in [0, 0.05) is 15.1 Å². The molecule has 0 N–H and O–H groups in total. The van der Waals surface area contributed by atoms with Crippen LogP contribution in [0.5, 0.6) is 23.0 Å². The molecule has 262 valence electrons. The normalized spacial score (nSPS) is 14.1. The fourth-order valence-electron chi connectivity index (χ4n) is 5.26. The summed E-state index contributed by atoms with van der Waals surface area (Å²) in [6.45, 7) is 5.52. The van der Waals surface area contributed by atoms with E-state index >= 15 is 0 Å². The van der Waals surface area contributed by atoms with Crippen molar-refractivity contribution < 1.29 is 38.0 Å². The lowest BCUT2D eigenvalue weighted by atomic mass is 9.95. The summed E-state index contributed by atoms with van der Waals surface area (Å²) < 4.78 is 36.1. The second-order valence-corrected chi connectivity index (χ2v) is 13.1. The lowest BCUT2D eigenvalue weighted by Crippen LogP contribution is -2.40. The van der Waals surface area contributed by atoms with Gasteiger partial charge in [0.25, 0.3) is 5.56 Å². The van der Waals surface area contributed by atoms with Gasteiger partial charge >= 0.3 is 11.9 Å². The van der Waals surface area contributed by atoms with Gasteiger partial charge < -0.3 is 28.4 Å². The molecule has 5 rings (SSSR count). The Morgan fingerprint density at radius 1 is 0.980 bits per heavy atom. The number of rotatable bonds is 13. The van der Waals surface area contributed by atoms with Crippen LogP contribution in [0.4, 0.5) is 0 Å². The molecule has 2 heterocycles. The average Bonchev–Trinajstić information content (AvgIpc) is 3.40. The molecule has 3 aromatic carbocycles. The number of thiazole rings is 1. The summed E-state index contributed by atoms with van der Waals surface area (Å²) in [5.41, 5.74) is 2.23. The third-order valence-electron chi connectivity index (χ3n) is 7.52. The molecule has 14 heteroatoms. The van der Waals surface area contributed by atoms with Gasteiger partial charge in [-0.25, -0.2) is 14.6 Å². The number of ether oxygens (including phenoxy) is 6. The van der Waals surface area contributed by atoms with Crippen molar-refractivity contribution in [2.45, 2.75) is 33.4 Å². The zero-order chi connectivity index (χ0) is 35.9. The van der Waals surface area contributed by atoms with E-state index in [1.165, 1.54) is 30.1 Å². The van der Waals surface area contributed by atoms with Gasteiger partial charge in [0.2, 0.25) is 0 Å². The number of halogens is 2. The molecule has 1 aromatic heterocycles. The zero-order valence-corrected chi connectivity index (χ0v) is 31.1. The van der Waals surface area contributed by atoms with E-state index in [1.807, 2.05) is 18.2 Å². The van der Waals surface area contributed by atoms with Crippen LogP contribution in [0.1, 0.15) is 43.5 Å². The Bertz CT molecular complexity index is 2130. The fourth-order valence-corrected chi connectivity index (χ4v) is 6.88. The molecule has 0 unspecified atom stereocenters. The molecule has 0 aliphatic carbocycles. The van der Waals surface area contributed by atoms with E-state index in [-0.39, 0.29) is 31.0 Å². The first-order valence-electron chi connectivity index (χ1n) is 15.5. The maximum atomic E-state index is 14.4. The van der Waals surface area contributed by atoms with Crippen molar-refractivity contribution in [2.75, 3.05) is 34.0 Å². The molecule has 1 aliphatic heterocycles. The summed E-state index contributed by atoms with van der Waals surface area (Å²) >= 11 is 10.8. The number of fused-ring (bicyclic) bond motifs is 1. The van der Waals surface area contributed by atoms with Gasteiger partial charge in [0.15, 0.2) is 34.4 Å². The lowest BCUT2D eigenvalue weighted by molar-refractivity contribution is -0.143. The Kier molecular flexibility index (Phi) is 12.0. The van der Waals surface area contributed by atoms with E-state index in [4.69, 9.17) is 40.0 Å². The SMILES string of the molecule is CCOC(=O)C1=C(C)N=c2s/c(=C/c3cc(Br)cc(OC)c3OCc3ccc(Cl)cc3)c(=O)n2[C@H]1c1ccc(OCC(=O)OC)c(OCC)c1. The molecule has 0 saturated carbocycles. The van der Waals surface area contributed by atoms with E-state index in [9.17, 15) is 14.4 Å². The van der Waals surface area contributed by atoms with Gasteiger partial charge in [-0.2, -0.15) is 0 Å². The maximum Gasteiger partial charge on any atom is 0.343 e. The molecule has 0 bridgehead atoms. The highest BCUT2D eigenvalue weighted by molar-refractivity contribution is 9.10. The minimum atomic E-state index is -0.918. The first kappa shape index (κ1) is 36.7. The summed E-state index contributed by atoms with van der Waals surface area (Å²) in [5.74, 6) is 0.336. The molecule has 11 nitrogen and oxygen atoms in total. The van der Waals surface area contributed by atoms with Crippen LogP contribution in [0.25, 0.3) is 6.08 Å². The first-order chi connectivity index (χ1) is 24.1. The van der Waals surface area contributed by atoms with Gasteiger partial charge in [-0.3, -0.25) is 9.36 Å². The van der Waals surface area contributed by atoms with Crippen molar-refractivity contribution in [3.05, 3.63) is 112 Å². The van der Waals surface area contributed by atoms with Gasteiger partial charge in [0.05, 0.1) is 49.3 Å². The van der Waals surface area contributed by atoms with E-state index in [2.05, 4.69) is 20.9 Å². The first-order valence-corrected chi connectivity index (χ1v) is 17.5. The second-order valence-electron chi connectivity index (χ2n) is 10.7. The van der Waals surface area contributed by atoms with E-state index in [0.717, 1.165) is 5.56 Å². The molecule has 0 spiro atoms. The number of nitrogens with zero attached hydrogens (tertiary/aromatic N) is 2. The molecule has 0 radical (unpaired) electrons. The summed E-state index contributed by atoms with van der Waals surface area (Å²) in [6.07, 6.45) is 1.71. The average molecular weight is 786 g/mol. The molecule has 4 aromatic rings. The largest absolute Gasteiger partial charge is 0.493 e. The minimum Gasteiger partial charge on any atom is -0.493 e. The van der Waals surface area contributed by atoms with Crippen LogP contribution in [-0.2, 0) is 25.7 Å². The van der Waals surface area contributed by atoms with Crippen molar-refractivity contribution in [2.24, 2.45) is 4.99 Å². The van der Waals surface area contributed by atoms with Crippen LogP contribution < -0.4 is 33.8 Å². The van der Waals surface area contributed by atoms with Gasteiger partial charge in [-0.1, -0.05) is 57.1 Å². The van der Waals surface area contributed by atoms with Crippen molar-refractivity contribution >= 4 is 56.9 Å². The molecule has 1 atom stereocenters. The third kappa shape index (κ3) is 8.06. The highest BCUT2D eigenvalue weighted by Crippen LogP contribution is 2.38. The van der Waals surface area contributed by atoms with Crippen LogP contribution >= 0.6 is 38.9 Å². The number of carbonyl (C=O) groups excluding carboxylic acids is 2. The number of aromatic nitrogens is 1. The molecule has 0 fully saturated rings. The molecular formula is C36H34BrClN2O9S. The van der Waals surface area contributed by atoms with Crippen molar-refractivity contribution in [3.8, 4) is 23.0 Å². The summed E-state index contributed by atoms with van der Waals surface area (Å²) in [7, 11) is 2.80. The van der Waals surface area contributed by atoms with E-state index in [0.29, 0.717) is 65.3 Å². The van der Waals surface area contributed by atoms with E-state index < -0.39 is 18.0 Å². The number of esters is 2. The van der Waals surface area contributed by atoms with Crippen LogP contribution in [0, 0.1) is 0 Å². The van der Waals surface area contributed by atoms with Crippen LogP contribution in [0.2, 0.25) is 5.02 Å². The van der Waals surface area contributed by atoms with Gasteiger partial charge in [0.1, 0.15) is 6.61 Å². The number of hydrogen-bond acceptors (Lipinski definition) is 11. The van der Waals surface area contributed by atoms with Crippen LogP contribution in [0.15, 0.2) is 80.1 Å².